The van der Waals surface area contributed by atoms with Gasteiger partial charge < -0.3 is 5.32 Å². The summed E-state index contributed by atoms with van der Waals surface area (Å²) in [6.07, 6.45) is 3.16. The Morgan fingerprint density at radius 1 is 1.47 bits per heavy atom. The van der Waals surface area contributed by atoms with Gasteiger partial charge in [0, 0.05) is 12.3 Å². The lowest BCUT2D eigenvalue weighted by molar-refractivity contribution is 0.262. The van der Waals surface area contributed by atoms with Crippen LogP contribution in [0, 0.1) is 6.92 Å². The number of halogens is 1. The average Bonchev–Trinajstić information content (AvgIpc) is 2.76. The van der Waals surface area contributed by atoms with Gasteiger partial charge in [0.25, 0.3) is 0 Å². The van der Waals surface area contributed by atoms with Crippen molar-refractivity contribution in [2.24, 2.45) is 0 Å². The first-order chi connectivity index (χ1) is 8.15. The van der Waals surface area contributed by atoms with Crippen LogP contribution < -0.4 is 10.6 Å². The van der Waals surface area contributed by atoms with Crippen LogP contribution in [0.4, 0.5) is 16.3 Å². The van der Waals surface area contributed by atoms with Crippen LogP contribution in [0.15, 0.2) is 24.5 Å². The molecule has 0 aliphatic rings. The maximum absolute atomic E-state index is 11.6. The molecule has 0 aliphatic heterocycles. The number of hydrogen-bond acceptors (Lipinski definition) is 3. The molecule has 0 aromatic carbocycles. The Labute approximate surface area is 102 Å². The van der Waals surface area contributed by atoms with E-state index >= 15 is 0 Å². The molecule has 2 heterocycles. The second kappa shape index (κ2) is 4.84. The van der Waals surface area contributed by atoms with Gasteiger partial charge in [-0.2, -0.15) is 5.10 Å². The van der Waals surface area contributed by atoms with Gasteiger partial charge in [-0.15, -0.1) is 0 Å². The maximum Gasteiger partial charge on any atom is 0.324 e. The molecule has 6 nitrogen and oxygen atoms in total. The fraction of sp³-hybridized carbons (Fsp3) is 0.100. The van der Waals surface area contributed by atoms with Crippen molar-refractivity contribution in [1.29, 1.82) is 0 Å². The normalized spacial score (nSPS) is 10.0. The van der Waals surface area contributed by atoms with Crippen LogP contribution in [0.5, 0.6) is 0 Å². The topological polar surface area (TPSA) is 82.7 Å². The van der Waals surface area contributed by atoms with Crippen molar-refractivity contribution < 1.29 is 4.79 Å². The minimum atomic E-state index is -0.413. The summed E-state index contributed by atoms with van der Waals surface area (Å²) in [6, 6.07) is 2.96. The summed E-state index contributed by atoms with van der Waals surface area (Å²) in [5, 5.41) is 11.7. The Bertz CT molecular complexity index is 525. The fourth-order valence-electron chi connectivity index (χ4n) is 1.24. The quantitative estimate of drug-likeness (QED) is 0.717. The number of aromatic nitrogens is 3. The highest BCUT2D eigenvalue weighted by Crippen LogP contribution is 2.19. The number of nitrogens with one attached hydrogen (secondary N) is 3. The molecule has 2 aromatic heterocycles. The monoisotopic (exact) mass is 251 g/mol. The summed E-state index contributed by atoms with van der Waals surface area (Å²) >= 11 is 5.85. The van der Waals surface area contributed by atoms with Gasteiger partial charge in [-0.05, 0) is 18.6 Å². The third kappa shape index (κ3) is 2.94. The van der Waals surface area contributed by atoms with Crippen LogP contribution in [0.25, 0.3) is 0 Å². The number of carbonyl (C=O) groups is 1. The predicted molar refractivity (Wildman–Crippen MR) is 65.2 cm³/mol. The number of aromatic amines is 1. The zero-order valence-electron chi connectivity index (χ0n) is 8.99. The van der Waals surface area contributed by atoms with Crippen molar-refractivity contribution in [2.75, 3.05) is 10.6 Å². The number of H-pyrrole nitrogens is 1. The van der Waals surface area contributed by atoms with Crippen molar-refractivity contribution in [3.8, 4) is 0 Å². The van der Waals surface area contributed by atoms with E-state index in [-0.39, 0.29) is 5.15 Å². The molecule has 0 fully saturated rings. The number of rotatable bonds is 2. The third-order valence-corrected chi connectivity index (χ3v) is 2.27. The molecule has 0 spiro atoms. The van der Waals surface area contributed by atoms with Gasteiger partial charge in [0.05, 0.1) is 11.9 Å². The maximum atomic E-state index is 11.6. The highest BCUT2D eigenvalue weighted by atomic mass is 35.5. The predicted octanol–water partition coefficient (Wildman–Crippen LogP) is 2.41. The van der Waals surface area contributed by atoms with Crippen molar-refractivity contribution in [1.82, 2.24) is 15.2 Å². The van der Waals surface area contributed by atoms with E-state index in [1.807, 2.05) is 6.92 Å². The molecular formula is C10H10ClN5O. The van der Waals surface area contributed by atoms with Gasteiger partial charge in [-0.1, -0.05) is 11.6 Å². The molecule has 0 aliphatic carbocycles. The number of anilines is 2. The largest absolute Gasteiger partial charge is 0.324 e. The fourth-order valence-corrected chi connectivity index (χ4v) is 1.39. The molecule has 0 saturated heterocycles. The Balaban J connectivity index is 2.05. The molecule has 2 rings (SSSR count). The van der Waals surface area contributed by atoms with Crippen LogP contribution in [-0.4, -0.2) is 21.2 Å². The van der Waals surface area contributed by atoms with Crippen LogP contribution in [0.1, 0.15) is 5.56 Å². The van der Waals surface area contributed by atoms with Crippen LogP contribution in [0.2, 0.25) is 5.15 Å². The molecule has 0 radical (unpaired) electrons. The van der Waals surface area contributed by atoms with Crippen molar-refractivity contribution in [3.63, 3.8) is 0 Å². The molecule has 88 valence electrons. The van der Waals surface area contributed by atoms with Crippen LogP contribution in [0.3, 0.4) is 0 Å². The summed E-state index contributed by atoms with van der Waals surface area (Å²) in [5.41, 5.74) is 1.37. The number of pyridine rings is 1. The zero-order valence-corrected chi connectivity index (χ0v) is 9.75. The van der Waals surface area contributed by atoms with Crippen LogP contribution in [-0.2, 0) is 0 Å². The first kappa shape index (κ1) is 11.4. The second-order valence-corrected chi connectivity index (χ2v) is 3.76. The van der Waals surface area contributed by atoms with Gasteiger partial charge in [0.2, 0.25) is 0 Å². The Morgan fingerprint density at radius 3 is 3.00 bits per heavy atom. The lowest BCUT2D eigenvalue weighted by Crippen LogP contribution is -2.20. The highest BCUT2D eigenvalue weighted by molar-refractivity contribution is 6.32. The summed E-state index contributed by atoms with van der Waals surface area (Å²) in [5.74, 6) is 0.499. The van der Waals surface area contributed by atoms with E-state index in [9.17, 15) is 4.79 Å². The smallest absolute Gasteiger partial charge is 0.305 e. The van der Waals surface area contributed by atoms with Gasteiger partial charge in [-0.25, -0.2) is 9.78 Å². The highest BCUT2D eigenvalue weighted by Gasteiger charge is 2.07. The van der Waals surface area contributed by atoms with Gasteiger partial charge >= 0.3 is 6.03 Å². The molecule has 0 unspecified atom stereocenters. The van der Waals surface area contributed by atoms with E-state index in [0.717, 1.165) is 5.56 Å². The molecule has 17 heavy (non-hydrogen) atoms. The first-order valence-electron chi connectivity index (χ1n) is 4.84. The second-order valence-electron chi connectivity index (χ2n) is 3.40. The summed E-state index contributed by atoms with van der Waals surface area (Å²) in [4.78, 5) is 15.5. The van der Waals surface area contributed by atoms with E-state index in [1.54, 1.807) is 18.3 Å². The molecule has 0 saturated carbocycles. The molecule has 2 amide bonds. The van der Waals surface area contributed by atoms with Crippen molar-refractivity contribution in [3.05, 3.63) is 35.2 Å². The standard InChI is InChI=1S/C10H10ClN5O/c1-6-4-7(9(11)12-5-6)14-10(17)15-8-2-3-13-16-8/h2-5H,1H3,(H3,13,14,15,16,17). The van der Waals surface area contributed by atoms with Gasteiger partial charge in [0.15, 0.2) is 5.15 Å². The number of carbonyl (C=O) groups excluding carboxylic acids is 1. The van der Waals surface area contributed by atoms with Gasteiger partial charge in [-0.3, -0.25) is 10.4 Å². The van der Waals surface area contributed by atoms with E-state index in [2.05, 4.69) is 25.8 Å². The SMILES string of the molecule is Cc1cnc(Cl)c(NC(=O)Nc2ccn[nH]2)c1. The molecule has 2 aromatic rings. The van der Waals surface area contributed by atoms with E-state index < -0.39 is 6.03 Å². The molecule has 3 N–H and O–H groups in total. The van der Waals surface area contributed by atoms with Gasteiger partial charge in [0.1, 0.15) is 5.82 Å². The molecule has 7 heteroatoms. The first-order valence-corrected chi connectivity index (χ1v) is 5.22. The number of nitrogens with zero attached hydrogens (tertiary/aromatic N) is 2. The zero-order chi connectivity index (χ0) is 12.3. The number of amides is 2. The lowest BCUT2D eigenvalue weighted by atomic mass is 10.3. The Morgan fingerprint density at radius 2 is 2.29 bits per heavy atom. The van der Waals surface area contributed by atoms with Crippen LogP contribution >= 0.6 is 11.6 Å². The Hall–Kier alpha value is -2.08. The van der Waals surface area contributed by atoms with E-state index in [4.69, 9.17) is 11.6 Å². The summed E-state index contributed by atoms with van der Waals surface area (Å²) in [7, 11) is 0. The summed E-state index contributed by atoms with van der Waals surface area (Å²) < 4.78 is 0. The minimum Gasteiger partial charge on any atom is -0.305 e. The van der Waals surface area contributed by atoms with Crippen molar-refractivity contribution >= 4 is 29.1 Å². The molecular weight excluding hydrogens is 242 g/mol. The average molecular weight is 252 g/mol. The number of aryl methyl sites for hydroxylation is 1. The lowest BCUT2D eigenvalue weighted by Gasteiger charge is -2.07. The van der Waals surface area contributed by atoms with E-state index in [1.165, 1.54) is 6.20 Å². The number of hydrogen-bond donors (Lipinski definition) is 3. The van der Waals surface area contributed by atoms with Crippen molar-refractivity contribution in [2.45, 2.75) is 6.92 Å². The summed E-state index contributed by atoms with van der Waals surface area (Å²) in [6.45, 7) is 1.86. The minimum absolute atomic E-state index is 0.246. The molecule has 0 atom stereocenters. The Kier molecular flexibility index (Phi) is 3.24. The number of urea groups is 1. The van der Waals surface area contributed by atoms with E-state index in [0.29, 0.717) is 11.5 Å². The third-order valence-electron chi connectivity index (χ3n) is 1.97. The molecule has 0 bridgehead atoms.